The first-order chi connectivity index (χ1) is 6.68. The van der Waals surface area contributed by atoms with Crippen LogP contribution in [-0.2, 0) is 4.79 Å². The number of likely N-dealkylation sites (tertiary alicyclic amines) is 1. The minimum Gasteiger partial charge on any atom is -0.341 e. The summed E-state index contributed by atoms with van der Waals surface area (Å²) in [6.07, 6.45) is 4.51. The minimum atomic E-state index is 0.218. The Kier molecular flexibility index (Phi) is 2.77. The first kappa shape index (κ1) is 9.97. The van der Waals surface area contributed by atoms with E-state index in [-0.39, 0.29) is 6.04 Å². The van der Waals surface area contributed by atoms with Crippen LogP contribution < -0.4 is 5.73 Å². The van der Waals surface area contributed by atoms with Gasteiger partial charge in [-0.15, -0.1) is 0 Å². The molecule has 14 heavy (non-hydrogen) atoms. The van der Waals surface area contributed by atoms with E-state index in [9.17, 15) is 4.79 Å². The van der Waals surface area contributed by atoms with Gasteiger partial charge in [-0.1, -0.05) is 13.3 Å². The zero-order valence-electron chi connectivity index (χ0n) is 8.91. The highest BCUT2D eigenvalue weighted by molar-refractivity contribution is 5.79. The van der Waals surface area contributed by atoms with Crippen molar-refractivity contribution in [1.82, 2.24) is 4.90 Å². The van der Waals surface area contributed by atoms with E-state index in [0.717, 1.165) is 25.9 Å². The second-order valence-electron chi connectivity index (χ2n) is 4.85. The predicted octanol–water partition coefficient (Wildman–Crippen LogP) is 0.982. The van der Waals surface area contributed by atoms with Gasteiger partial charge in [0.2, 0.25) is 5.91 Å². The lowest BCUT2D eigenvalue weighted by Crippen LogP contribution is -2.37. The van der Waals surface area contributed by atoms with Gasteiger partial charge in [0, 0.05) is 25.0 Å². The number of hydrogen-bond donors (Lipinski definition) is 1. The molecule has 1 saturated carbocycles. The quantitative estimate of drug-likeness (QED) is 0.679. The van der Waals surface area contributed by atoms with Crippen LogP contribution in [0, 0.1) is 11.8 Å². The van der Waals surface area contributed by atoms with Gasteiger partial charge in [-0.2, -0.15) is 0 Å². The number of rotatable bonds is 1. The number of amides is 1. The van der Waals surface area contributed by atoms with Gasteiger partial charge in [-0.25, -0.2) is 0 Å². The zero-order chi connectivity index (χ0) is 10.1. The molecule has 2 rings (SSSR count). The summed E-state index contributed by atoms with van der Waals surface area (Å²) in [5.41, 5.74) is 5.80. The Morgan fingerprint density at radius 3 is 2.64 bits per heavy atom. The molecule has 1 aliphatic carbocycles. The van der Waals surface area contributed by atoms with Gasteiger partial charge >= 0.3 is 0 Å². The van der Waals surface area contributed by atoms with Crippen LogP contribution in [0.1, 0.15) is 32.6 Å². The third-order valence-electron chi connectivity index (χ3n) is 3.72. The summed E-state index contributed by atoms with van der Waals surface area (Å²) in [6, 6.07) is 0.218. The van der Waals surface area contributed by atoms with Crippen molar-refractivity contribution in [3.8, 4) is 0 Å². The summed E-state index contributed by atoms with van der Waals surface area (Å²) in [4.78, 5) is 14.0. The van der Waals surface area contributed by atoms with Crippen molar-refractivity contribution in [3.05, 3.63) is 0 Å². The highest BCUT2D eigenvalue weighted by Gasteiger charge is 2.34. The smallest absolute Gasteiger partial charge is 0.226 e. The van der Waals surface area contributed by atoms with Gasteiger partial charge in [-0.05, 0) is 25.2 Å². The molecule has 0 bridgehead atoms. The average molecular weight is 196 g/mol. The molecule has 0 spiro atoms. The fourth-order valence-electron chi connectivity index (χ4n) is 2.73. The van der Waals surface area contributed by atoms with Crippen molar-refractivity contribution in [1.29, 1.82) is 0 Å². The topological polar surface area (TPSA) is 46.3 Å². The monoisotopic (exact) mass is 196 g/mol. The van der Waals surface area contributed by atoms with E-state index in [1.54, 1.807) is 0 Å². The summed E-state index contributed by atoms with van der Waals surface area (Å²) in [5, 5.41) is 0. The van der Waals surface area contributed by atoms with Crippen molar-refractivity contribution < 1.29 is 4.79 Å². The van der Waals surface area contributed by atoms with E-state index in [4.69, 9.17) is 5.73 Å². The normalized spacial score (nSPS) is 37.9. The Balaban J connectivity index is 1.94. The highest BCUT2D eigenvalue weighted by atomic mass is 16.2. The van der Waals surface area contributed by atoms with Crippen molar-refractivity contribution in [2.45, 2.75) is 38.6 Å². The lowest BCUT2D eigenvalue weighted by Gasteiger charge is -2.22. The molecular formula is C11H20N2O. The first-order valence-electron chi connectivity index (χ1n) is 5.73. The Morgan fingerprint density at radius 1 is 1.36 bits per heavy atom. The lowest BCUT2D eigenvalue weighted by molar-refractivity contribution is -0.135. The van der Waals surface area contributed by atoms with Crippen molar-refractivity contribution in [3.63, 3.8) is 0 Å². The van der Waals surface area contributed by atoms with Crippen LogP contribution in [-0.4, -0.2) is 29.9 Å². The van der Waals surface area contributed by atoms with E-state index in [0.29, 0.717) is 17.7 Å². The number of nitrogens with two attached hydrogens (primary N) is 1. The molecular weight excluding hydrogens is 176 g/mol. The summed E-state index contributed by atoms with van der Waals surface area (Å²) >= 11 is 0. The van der Waals surface area contributed by atoms with E-state index in [2.05, 4.69) is 6.92 Å². The van der Waals surface area contributed by atoms with Crippen LogP contribution in [0.2, 0.25) is 0 Å². The predicted molar refractivity (Wildman–Crippen MR) is 55.7 cm³/mol. The molecule has 80 valence electrons. The third kappa shape index (κ3) is 1.78. The van der Waals surface area contributed by atoms with Crippen LogP contribution >= 0.6 is 0 Å². The fraction of sp³-hybridized carbons (Fsp3) is 0.909. The largest absolute Gasteiger partial charge is 0.341 e. The molecule has 0 radical (unpaired) electrons. The van der Waals surface area contributed by atoms with E-state index in [1.165, 1.54) is 12.8 Å². The van der Waals surface area contributed by atoms with Gasteiger partial charge in [0.1, 0.15) is 0 Å². The molecule has 1 heterocycles. The Bertz CT molecular complexity index is 229. The first-order valence-corrected chi connectivity index (χ1v) is 5.73. The molecule has 2 aliphatic rings. The minimum absolute atomic E-state index is 0.218. The number of hydrogen-bond acceptors (Lipinski definition) is 2. The van der Waals surface area contributed by atoms with E-state index < -0.39 is 0 Å². The maximum atomic E-state index is 12.1. The fourth-order valence-corrected chi connectivity index (χ4v) is 2.73. The second-order valence-corrected chi connectivity index (χ2v) is 4.85. The molecule has 0 aromatic rings. The number of nitrogens with zero attached hydrogens (tertiary/aromatic N) is 1. The Labute approximate surface area is 85.6 Å². The van der Waals surface area contributed by atoms with E-state index >= 15 is 0 Å². The van der Waals surface area contributed by atoms with Gasteiger partial charge < -0.3 is 10.6 Å². The maximum Gasteiger partial charge on any atom is 0.226 e. The van der Waals surface area contributed by atoms with Crippen LogP contribution in [0.3, 0.4) is 0 Å². The molecule has 0 aromatic carbocycles. The molecule has 1 saturated heterocycles. The van der Waals surface area contributed by atoms with Crippen LogP contribution in [0.4, 0.5) is 0 Å². The molecule has 2 N–H and O–H groups in total. The molecule has 3 nitrogen and oxygen atoms in total. The van der Waals surface area contributed by atoms with Gasteiger partial charge in [0.05, 0.1) is 0 Å². The second kappa shape index (κ2) is 3.89. The van der Waals surface area contributed by atoms with E-state index in [1.807, 2.05) is 4.90 Å². The van der Waals surface area contributed by atoms with Crippen LogP contribution in [0.5, 0.6) is 0 Å². The molecule has 1 aliphatic heterocycles. The SMILES string of the molecule is CC1CCCC1C(=O)N1CC[C@@H](N)C1. The Hall–Kier alpha value is -0.570. The third-order valence-corrected chi connectivity index (χ3v) is 3.72. The lowest BCUT2D eigenvalue weighted by atomic mass is 9.97. The zero-order valence-corrected chi connectivity index (χ0v) is 8.91. The molecule has 3 atom stereocenters. The van der Waals surface area contributed by atoms with Gasteiger partial charge in [-0.3, -0.25) is 4.79 Å². The molecule has 0 aromatic heterocycles. The molecule has 2 fully saturated rings. The van der Waals surface area contributed by atoms with Crippen molar-refractivity contribution in [2.75, 3.05) is 13.1 Å². The summed E-state index contributed by atoms with van der Waals surface area (Å²) in [7, 11) is 0. The molecule has 2 unspecified atom stereocenters. The summed E-state index contributed by atoms with van der Waals surface area (Å²) in [6.45, 7) is 3.86. The van der Waals surface area contributed by atoms with Crippen molar-refractivity contribution >= 4 is 5.91 Å². The van der Waals surface area contributed by atoms with Crippen LogP contribution in [0.15, 0.2) is 0 Å². The van der Waals surface area contributed by atoms with Crippen LogP contribution in [0.25, 0.3) is 0 Å². The van der Waals surface area contributed by atoms with Gasteiger partial charge in [0.25, 0.3) is 0 Å². The molecule has 3 heteroatoms. The summed E-state index contributed by atoms with van der Waals surface area (Å²) < 4.78 is 0. The summed E-state index contributed by atoms with van der Waals surface area (Å²) in [5.74, 6) is 1.24. The maximum absolute atomic E-state index is 12.1. The Morgan fingerprint density at radius 2 is 2.14 bits per heavy atom. The standard InChI is InChI=1S/C11H20N2O/c1-8-3-2-4-10(8)11(14)13-6-5-9(12)7-13/h8-10H,2-7,12H2,1H3/t8?,9-,10?/m1/s1. The number of carbonyl (C=O) groups excluding carboxylic acids is 1. The average Bonchev–Trinajstić information content (AvgIpc) is 2.73. The number of carbonyl (C=O) groups is 1. The van der Waals surface area contributed by atoms with Crippen molar-refractivity contribution in [2.24, 2.45) is 17.6 Å². The van der Waals surface area contributed by atoms with Gasteiger partial charge in [0.15, 0.2) is 0 Å². The highest BCUT2D eigenvalue weighted by Crippen LogP contribution is 2.33. The molecule has 1 amide bonds.